The van der Waals surface area contributed by atoms with Gasteiger partial charge in [-0.05, 0) is 18.2 Å². The molecule has 0 radical (unpaired) electrons. The minimum Gasteiger partial charge on any atom is -0.493 e. The molecular weight excluding hydrogens is 288 g/mol. The maximum atomic E-state index is 11.0. The number of aromatic nitrogens is 1. The van der Waals surface area contributed by atoms with E-state index in [1.165, 1.54) is 11.8 Å². The SMILES string of the molecule is O=C1CSC(N=Nc2c(O)[nH]c3ccc(Cl)cc23)=N1. The maximum Gasteiger partial charge on any atom is 0.258 e. The summed E-state index contributed by atoms with van der Waals surface area (Å²) in [6.45, 7) is 0. The molecule has 8 heteroatoms. The standard InChI is InChI=1S/C11H7ClN4O2S/c12-5-1-2-7-6(3-5)9(10(18)13-7)15-16-11-14-8(17)4-19-11/h1-3,13,18H,4H2. The Morgan fingerprint density at radius 2 is 2.26 bits per heavy atom. The first-order chi connectivity index (χ1) is 9.13. The number of hydrogen-bond acceptors (Lipinski definition) is 5. The van der Waals surface area contributed by atoms with Crippen LogP contribution < -0.4 is 0 Å². The minimum absolute atomic E-state index is 0.101. The second-order valence-electron chi connectivity index (χ2n) is 3.79. The van der Waals surface area contributed by atoms with Crippen molar-refractivity contribution in [3.05, 3.63) is 23.2 Å². The number of nitrogens with zero attached hydrogens (tertiary/aromatic N) is 3. The summed E-state index contributed by atoms with van der Waals surface area (Å²) in [4.78, 5) is 17.4. The fraction of sp³-hybridized carbons (Fsp3) is 0.0909. The molecule has 0 bridgehead atoms. The van der Waals surface area contributed by atoms with E-state index < -0.39 is 0 Å². The zero-order chi connectivity index (χ0) is 13.4. The third-order valence-electron chi connectivity index (χ3n) is 2.49. The number of benzene rings is 1. The van der Waals surface area contributed by atoms with Gasteiger partial charge < -0.3 is 10.1 Å². The van der Waals surface area contributed by atoms with Crippen molar-refractivity contribution in [3.8, 4) is 5.88 Å². The summed E-state index contributed by atoms with van der Waals surface area (Å²) in [7, 11) is 0. The lowest BCUT2D eigenvalue weighted by Gasteiger charge is -1.92. The van der Waals surface area contributed by atoms with Crippen LogP contribution in [0.25, 0.3) is 10.9 Å². The van der Waals surface area contributed by atoms with Crippen LogP contribution in [0.5, 0.6) is 5.88 Å². The number of amidine groups is 1. The Hall–Kier alpha value is -1.86. The summed E-state index contributed by atoms with van der Waals surface area (Å²) in [5.74, 6) is -0.0545. The van der Waals surface area contributed by atoms with Crippen LogP contribution in [0.2, 0.25) is 5.02 Å². The van der Waals surface area contributed by atoms with Crippen LogP contribution in [0.3, 0.4) is 0 Å². The third-order valence-corrected chi connectivity index (χ3v) is 3.55. The Morgan fingerprint density at radius 3 is 3.00 bits per heavy atom. The molecule has 96 valence electrons. The minimum atomic E-state index is -0.231. The van der Waals surface area contributed by atoms with Crippen molar-refractivity contribution in [1.82, 2.24) is 4.98 Å². The van der Waals surface area contributed by atoms with Crippen LogP contribution in [0.1, 0.15) is 0 Å². The van der Waals surface area contributed by atoms with Crippen LogP contribution in [0, 0.1) is 0 Å². The van der Waals surface area contributed by atoms with Crippen molar-refractivity contribution < 1.29 is 9.90 Å². The number of azo groups is 1. The Kier molecular flexibility index (Phi) is 3.00. The molecule has 1 aromatic carbocycles. The highest BCUT2D eigenvalue weighted by Crippen LogP contribution is 2.37. The van der Waals surface area contributed by atoms with Crippen molar-refractivity contribution in [2.24, 2.45) is 15.2 Å². The number of aliphatic imine (C=N–C) groups is 1. The molecule has 3 rings (SSSR count). The Labute approximate surface area is 116 Å². The summed E-state index contributed by atoms with van der Waals surface area (Å²) in [5, 5.41) is 19.1. The number of rotatable bonds is 1. The van der Waals surface area contributed by atoms with Gasteiger partial charge in [0.15, 0.2) is 5.69 Å². The van der Waals surface area contributed by atoms with Crippen LogP contribution in [0.4, 0.5) is 5.69 Å². The van der Waals surface area contributed by atoms with Crippen molar-refractivity contribution in [3.63, 3.8) is 0 Å². The molecule has 2 N–H and O–H groups in total. The van der Waals surface area contributed by atoms with E-state index in [1.807, 2.05) is 0 Å². The molecule has 0 fully saturated rings. The summed E-state index contributed by atoms with van der Waals surface area (Å²) in [6, 6.07) is 5.12. The van der Waals surface area contributed by atoms with E-state index in [0.29, 0.717) is 21.1 Å². The van der Waals surface area contributed by atoms with E-state index in [-0.39, 0.29) is 23.2 Å². The molecule has 0 saturated carbocycles. The summed E-state index contributed by atoms with van der Waals surface area (Å²) in [6.07, 6.45) is 0. The molecule has 0 aliphatic carbocycles. The molecule has 19 heavy (non-hydrogen) atoms. The average Bonchev–Trinajstić information content (AvgIpc) is 2.90. The normalized spacial score (nSPS) is 15.6. The summed E-state index contributed by atoms with van der Waals surface area (Å²) >= 11 is 7.11. The summed E-state index contributed by atoms with van der Waals surface area (Å²) in [5.41, 5.74) is 0.980. The van der Waals surface area contributed by atoms with E-state index in [1.54, 1.807) is 18.2 Å². The number of hydrogen-bond donors (Lipinski definition) is 2. The lowest BCUT2D eigenvalue weighted by Crippen LogP contribution is -1.86. The van der Waals surface area contributed by atoms with Gasteiger partial charge in [-0.2, -0.15) is 4.99 Å². The molecule has 1 aromatic heterocycles. The molecule has 0 unspecified atom stereocenters. The predicted molar refractivity (Wildman–Crippen MR) is 74.4 cm³/mol. The van der Waals surface area contributed by atoms with Crippen molar-refractivity contribution >= 4 is 51.0 Å². The van der Waals surface area contributed by atoms with E-state index in [2.05, 4.69) is 20.2 Å². The molecule has 1 aliphatic heterocycles. The Bertz CT molecular complexity index is 738. The van der Waals surface area contributed by atoms with Gasteiger partial charge in [-0.25, -0.2) is 0 Å². The molecule has 0 spiro atoms. The number of aromatic hydroxyl groups is 1. The Balaban J connectivity index is 2.02. The number of nitrogens with one attached hydrogen (secondary N) is 1. The van der Waals surface area contributed by atoms with Gasteiger partial charge in [-0.3, -0.25) is 4.79 Å². The highest BCUT2D eigenvalue weighted by atomic mass is 35.5. The van der Waals surface area contributed by atoms with Gasteiger partial charge in [-0.15, -0.1) is 10.2 Å². The molecule has 1 aliphatic rings. The van der Waals surface area contributed by atoms with Crippen LogP contribution in [-0.2, 0) is 4.79 Å². The first-order valence-electron chi connectivity index (χ1n) is 5.30. The highest BCUT2D eigenvalue weighted by molar-refractivity contribution is 8.14. The second kappa shape index (κ2) is 4.67. The monoisotopic (exact) mass is 294 g/mol. The van der Waals surface area contributed by atoms with Crippen LogP contribution in [0.15, 0.2) is 33.4 Å². The van der Waals surface area contributed by atoms with E-state index >= 15 is 0 Å². The molecule has 2 aromatic rings. The number of carbonyl (C=O) groups is 1. The predicted octanol–water partition coefficient (Wildman–Crippen LogP) is 3.24. The number of amides is 1. The van der Waals surface area contributed by atoms with Gasteiger partial charge in [-0.1, -0.05) is 23.4 Å². The van der Waals surface area contributed by atoms with Crippen LogP contribution in [-0.4, -0.2) is 26.9 Å². The molecular formula is C11H7ClN4O2S. The van der Waals surface area contributed by atoms with Crippen molar-refractivity contribution in [1.29, 1.82) is 0 Å². The van der Waals surface area contributed by atoms with Gasteiger partial charge in [0, 0.05) is 10.4 Å². The highest BCUT2D eigenvalue weighted by Gasteiger charge is 2.15. The quantitative estimate of drug-likeness (QED) is 0.791. The van der Waals surface area contributed by atoms with Crippen LogP contribution >= 0.6 is 23.4 Å². The number of halogens is 1. The van der Waals surface area contributed by atoms with Gasteiger partial charge in [0.1, 0.15) is 0 Å². The second-order valence-corrected chi connectivity index (χ2v) is 5.17. The fourth-order valence-electron chi connectivity index (χ4n) is 1.68. The number of carbonyl (C=O) groups excluding carboxylic acids is 1. The first kappa shape index (κ1) is 12.2. The zero-order valence-corrected chi connectivity index (χ0v) is 11.0. The zero-order valence-electron chi connectivity index (χ0n) is 9.42. The molecule has 6 nitrogen and oxygen atoms in total. The topological polar surface area (TPSA) is 90.2 Å². The molecule has 0 saturated heterocycles. The third kappa shape index (κ3) is 2.34. The van der Waals surface area contributed by atoms with Gasteiger partial charge >= 0.3 is 0 Å². The lowest BCUT2D eigenvalue weighted by molar-refractivity contribution is -0.115. The van der Waals surface area contributed by atoms with E-state index in [0.717, 1.165) is 0 Å². The molecule has 2 heterocycles. The smallest absolute Gasteiger partial charge is 0.258 e. The first-order valence-corrected chi connectivity index (χ1v) is 6.66. The number of H-pyrrole nitrogens is 1. The fourth-order valence-corrected chi connectivity index (χ4v) is 2.43. The number of aromatic amines is 1. The van der Waals surface area contributed by atoms with Gasteiger partial charge in [0.2, 0.25) is 11.0 Å². The van der Waals surface area contributed by atoms with E-state index in [4.69, 9.17) is 11.6 Å². The molecule has 1 amide bonds. The lowest BCUT2D eigenvalue weighted by atomic mass is 10.2. The van der Waals surface area contributed by atoms with Crippen molar-refractivity contribution in [2.75, 3.05) is 5.75 Å². The van der Waals surface area contributed by atoms with E-state index in [9.17, 15) is 9.90 Å². The average molecular weight is 295 g/mol. The number of fused-ring (bicyclic) bond motifs is 1. The van der Waals surface area contributed by atoms with Gasteiger partial charge in [0.25, 0.3) is 5.91 Å². The molecule has 0 atom stereocenters. The summed E-state index contributed by atoms with van der Waals surface area (Å²) < 4.78 is 0. The maximum absolute atomic E-state index is 11.0. The number of thioether (sulfide) groups is 1. The largest absolute Gasteiger partial charge is 0.493 e. The van der Waals surface area contributed by atoms with Gasteiger partial charge in [0.05, 0.1) is 11.3 Å². The Morgan fingerprint density at radius 1 is 1.42 bits per heavy atom. The van der Waals surface area contributed by atoms with Crippen molar-refractivity contribution in [2.45, 2.75) is 0 Å².